The molecule has 1 saturated carbocycles. The SMILES string of the molecule is Cl.N[C@@H]1C[C@H](C(=O)O)C[C@H]1O. The molecule has 0 radical (unpaired) electrons. The van der Waals surface area contributed by atoms with Crippen molar-refractivity contribution in [2.24, 2.45) is 11.7 Å². The van der Waals surface area contributed by atoms with Gasteiger partial charge in [0, 0.05) is 6.04 Å². The molecule has 0 amide bonds. The van der Waals surface area contributed by atoms with Gasteiger partial charge in [0.15, 0.2) is 0 Å². The molecule has 0 aliphatic heterocycles. The van der Waals surface area contributed by atoms with Crippen LogP contribution in [0, 0.1) is 5.92 Å². The Morgan fingerprint density at radius 2 is 2.00 bits per heavy atom. The van der Waals surface area contributed by atoms with Gasteiger partial charge >= 0.3 is 5.97 Å². The van der Waals surface area contributed by atoms with Crippen molar-refractivity contribution in [2.45, 2.75) is 25.0 Å². The molecule has 1 rings (SSSR count). The molecule has 0 aromatic rings. The molecular weight excluding hydrogens is 170 g/mol. The summed E-state index contributed by atoms with van der Waals surface area (Å²) in [6.45, 7) is 0. The molecule has 4 nitrogen and oxygen atoms in total. The van der Waals surface area contributed by atoms with Crippen molar-refractivity contribution in [1.82, 2.24) is 0 Å². The molecule has 1 aliphatic carbocycles. The van der Waals surface area contributed by atoms with E-state index in [0.29, 0.717) is 12.8 Å². The summed E-state index contributed by atoms with van der Waals surface area (Å²) in [6.07, 6.45) is 0.0774. The van der Waals surface area contributed by atoms with Crippen LogP contribution in [0.3, 0.4) is 0 Å². The fraction of sp³-hybridized carbons (Fsp3) is 0.833. The second-order valence-electron chi connectivity index (χ2n) is 2.74. The van der Waals surface area contributed by atoms with Gasteiger partial charge in [0.05, 0.1) is 12.0 Å². The van der Waals surface area contributed by atoms with Crippen LogP contribution in [-0.2, 0) is 4.79 Å². The molecule has 0 spiro atoms. The van der Waals surface area contributed by atoms with Crippen LogP contribution in [0.2, 0.25) is 0 Å². The molecule has 5 heteroatoms. The van der Waals surface area contributed by atoms with Crippen molar-refractivity contribution >= 4 is 18.4 Å². The molecule has 0 aromatic heterocycles. The summed E-state index contributed by atoms with van der Waals surface area (Å²) < 4.78 is 0. The van der Waals surface area contributed by atoms with Gasteiger partial charge in [0.2, 0.25) is 0 Å². The lowest BCUT2D eigenvalue weighted by molar-refractivity contribution is -0.141. The molecule has 0 unspecified atom stereocenters. The fourth-order valence-corrected chi connectivity index (χ4v) is 1.25. The lowest BCUT2D eigenvalue weighted by Crippen LogP contribution is -2.28. The number of carbonyl (C=O) groups is 1. The highest BCUT2D eigenvalue weighted by Gasteiger charge is 2.34. The zero-order valence-corrected chi connectivity index (χ0v) is 6.75. The van der Waals surface area contributed by atoms with E-state index < -0.39 is 18.0 Å². The Balaban J connectivity index is 0.000001000. The highest BCUT2D eigenvalue weighted by atomic mass is 35.5. The summed E-state index contributed by atoms with van der Waals surface area (Å²) in [6, 6.07) is -0.346. The van der Waals surface area contributed by atoms with Crippen LogP contribution >= 0.6 is 12.4 Å². The average Bonchev–Trinajstić information content (AvgIpc) is 2.13. The van der Waals surface area contributed by atoms with Gasteiger partial charge < -0.3 is 15.9 Å². The van der Waals surface area contributed by atoms with E-state index in [1.807, 2.05) is 0 Å². The van der Waals surface area contributed by atoms with Crippen molar-refractivity contribution in [3.05, 3.63) is 0 Å². The molecule has 0 aromatic carbocycles. The molecule has 66 valence electrons. The Morgan fingerprint density at radius 3 is 2.18 bits per heavy atom. The van der Waals surface area contributed by atoms with Crippen LogP contribution in [0.15, 0.2) is 0 Å². The number of rotatable bonds is 1. The first-order chi connectivity index (χ1) is 4.61. The first-order valence-electron chi connectivity index (χ1n) is 3.27. The second kappa shape index (κ2) is 3.90. The lowest BCUT2D eigenvalue weighted by Gasteiger charge is -2.04. The third kappa shape index (κ3) is 2.32. The second-order valence-corrected chi connectivity index (χ2v) is 2.74. The van der Waals surface area contributed by atoms with Crippen molar-refractivity contribution in [3.8, 4) is 0 Å². The molecule has 11 heavy (non-hydrogen) atoms. The molecule has 1 aliphatic rings. The highest BCUT2D eigenvalue weighted by Crippen LogP contribution is 2.24. The number of carboxylic acid groups (broad SMARTS) is 1. The number of aliphatic hydroxyl groups excluding tert-OH is 1. The number of halogens is 1. The molecule has 4 N–H and O–H groups in total. The van der Waals surface area contributed by atoms with Crippen LogP contribution in [0.25, 0.3) is 0 Å². The Kier molecular flexibility index (Phi) is 3.78. The Hall–Kier alpha value is -0.320. The van der Waals surface area contributed by atoms with Crippen molar-refractivity contribution < 1.29 is 15.0 Å². The highest BCUT2D eigenvalue weighted by molar-refractivity contribution is 5.85. The Bertz CT molecular complexity index is 143. The minimum absolute atomic E-state index is 0. The van der Waals surface area contributed by atoms with E-state index in [1.165, 1.54) is 0 Å². The average molecular weight is 182 g/mol. The molecule has 0 bridgehead atoms. The number of nitrogens with two attached hydrogens (primary N) is 1. The van der Waals surface area contributed by atoms with E-state index in [0.717, 1.165) is 0 Å². The van der Waals surface area contributed by atoms with E-state index >= 15 is 0 Å². The normalized spacial score (nSPS) is 36.4. The minimum atomic E-state index is -0.855. The van der Waals surface area contributed by atoms with Gasteiger partial charge in [0.1, 0.15) is 0 Å². The third-order valence-corrected chi connectivity index (χ3v) is 1.93. The first-order valence-corrected chi connectivity index (χ1v) is 3.27. The van der Waals surface area contributed by atoms with E-state index in [9.17, 15) is 4.79 Å². The standard InChI is InChI=1S/C6H11NO3.ClH/c7-4-1-3(6(9)10)2-5(4)8;/h3-5,8H,1-2,7H2,(H,9,10);1H/t3-,4+,5+;/m0./s1. The van der Waals surface area contributed by atoms with Gasteiger partial charge in [-0.05, 0) is 12.8 Å². The molecule has 3 atom stereocenters. The summed E-state index contributed by atoms with van der Waals surface area (Å²) in [5.41, 5.74) is 5.39. The monoisotopic (exact) mass is 181 g/mol. The van der Waals surface area contributed by atoms with Gasteiger partial charge in [-0.25, -0.2) is 0 Å². The van der Waals surface area contributed by atoms with Crippen LogP contribution in [-0.4, -0.2) is 28.3 Å². The molecule has 1 fully saturated rings. The summed E-state index contributed by atoms with van der Waals surface area (Å²) in [7, 11) is 0. The predicted octanol–water partition coefficient (Wildman–Crippen LogP) is -0.409. The number of aliphatic hydroxyl groups is 1. The number of hydrogen-bond donors (Lipinski definition) is 3. The van der Waals surface area contributed by atoms with Crippen LogP contribution < -0.4 is 5.73 Å². The summed E-state index contributed by atoms with van der Waals surface area (Å²) in [5, 5.41) is 17.5. The number of hydrogen-bond acceptors (Lipinski definition) is 3. The van der Waals surface area contributed by atoms with E-state index in [4.69, 9.17) is 15.9 Å². The quantitative estimate of drug-likeness (QED) is 0.514. The van der Waals surface area contributed by atoms with Gasteiger partial charge in [-0.1, -0.05) is 0 Å². The predicted molar refractivity (Wildman–Crippen MR) is 41.6 cm³/mol. The summed E-state index contributed by atoms with van der Waals surface area (Å²) >= 11 is 0. The Labute approximate surface area is 70.8 Å². The van der Waals surface area contributed by atoms with E-state index in [1.54, 1.807) is 0 Å². The smallest absolute Gasteiger partial charge is 0.306 e. The Morgan fingerprint density at radius 1 is 1.45 bits per heavy atom. The van der Waals surface area contributed by atoms with Gasteiger partial charge in [-0.3, -0.25) is 4.79 Å². The zero-order chi connectivity index (χ0) is 7.72. The lowest BCUT2D eigenvalue weighted by atomic mass is 10.1. The molecule has 0 heterocycles. The maximum Gasteiger partial charge on any atom is 0.306 e. The maximum absolute atomic E-state index is 10.3. The third-order valence-electron chi connectivity index (χ3n) is 1.93. The van der Waals surface area contributed by atoms with Crippen LogP contribution in [0.5, 0.6) is 0 Å². The summed E-state index contributed by atoms with van der Waals surface area (Å²) in [4.78, 5) is 10.3. The zero-order valence-electron chi connectivity index (χ0n) is 5.93. The number of carboxylic acids is 1. The van der Waals surface area contributed by atoms with E-state index in [2.05, 4.69) is 0 Å². The van der Waals surface area contributed by atoms with Crippen molar-refractivity contribution in [2.75, 3.05) is 0 Å². The van der Waals surface area contributed by atoms with Gasteiger partial charge in [-0.2, -0.15) is 0 Å². The van der Waals surface area contributed by atoms with Crippen LogP contribution in [0.4, 0.5) is 0 Å². The van der Waals surface area contributed by atoms with E-state index in [-0.39, 0.29) is 18.4 Å². The van der Waals surface area contributed by atoms with Crippen LogP contribution in [0.1, 0.15) is 12.8 Å². The van der Waals surface area contributed by atoms with Gasteiger partial charge in [0.25, 0.3) is 0 Å². The fourth-order valence-electron chi connectivity index (χ4n) is 1.25. The summed E-state index contributed by atoms with van der Waals surface area (Å²) in [5.74, 6) is -1.29. The maximum atomic E-state index is 10.3. The van der Waals surface area contributed by atoms with Crippen molar-refractivity contribution in [1.29, 1.82) is 0 Å². The molecular formula is C6H12ClNO3. The number of aliphatic carboxylic acids is 1. The first kappa shape index (κ1) is 10.7. The topological polar surface area (TPSA) is 83.6 Å². The molecule has 0 saturated heterocycles. The van der Waals surface area contributed by atoms with Gasteiger partial charge in [-0.15, -0.1) is 12.4 Å². The van der Waals surface area contributed by atoms with Crippen molar-refractivity contribution in [3.63, 3.8) is 0 Å². The minimum Gasteiger partial charge on any atom is -0.481 e. The largest absolute Gasteiger partial charge is 0.481 e.